The van der Waals surface area contributed by atoms with Crippen LogP contribution in [0.4, 0.5) is 9.18 Å². The van der Waals surface area contributed by atoms with Gasteiger partial charge in [-0.3, -0.25) is 19.3 Å². The maximum atomic E-state index is 13.7. The fraction of sp³-hybridized carbons (Fsp3) is 0.261. The molecule has 2 aliphatic rings. The largest absolute Gasteiger partial charge is 0.489 e. The van der Waals surface area contributed by atoms with Gasteiger partial charge in [0.05, 0.1) is 4.91 Å². The van der Waals surface area contributed by atoms with Crippen molar-refractivity contribution in [1.82, 2.24) is 9.80 Å². The topological polar surface area (TPSA) is 66.9 Å². The summed E-state index contributed by atoms with van der Waals surface area (Å²) >= 11 is 0.829. The van der Waals surface area contributed by atoms with E-state index < -0.39 is 11.1 Å². The summed E-state index contributed by atoms with van der Waals surface area (Å²) in [7, 11) is 0. The lowest BCUT2D eigenvalue weighted by atomic mass is 10.2. The monoisotopic (exact) mass is 440 g/mol. The predicted molar refractivity (Wildman–Crippen MR) is 116 cm³/mol. The standard InChI is InChI=1S/C23H21FN2O4S/c24-19-6-2-1-5-17(19)15-30-18-9-7-16(8-10-18)13-20-22(28)26(23(29)31-20)14-21(27)25-11-3-4-12-25/h1-2,5-10,13H,3-4,11-12,14-15H2/b20-13+. The molecule has 8 heteroatoms. The Morgan fingerprint density at radius 3 is 2.48 bits per heavy atom. The van der Waals surface area contributed by atoms with E-state index in [1.165, 1.54) is 6.07 Å². The number of carbonyl (C=O) groups is 3. The van der Waals surface area contributed by atoms with E-state index in [1.54, 1.807) is 53.4 Å². The lowest BCUT2D eigenvalue weighted by molar-refractivity contribution is -0.135. The Kier molecular flexibility index (Phi) is 6.36. The van der Waals surface area contributed by atoms with Gasteiger partial charge in [-0.25, -0.2) is 4.39 Å². The third kappa shape index (κ3) is 4.96. The van der Waals surface area contributed by atoms with Gasteiger partial charge in [0.2, 0.25) is 5.91 Å². The van der Waals surface area contributed by atoms with Crippen molar-refractivity contribution < 1.29 is 23.5 Å². The fourth-order valence-electron chi connectivity index (χ4n) is 3.43. The van der Waals surface area contributed by atoms with E-state index in [2.05, 4.69) is 0 Å². The second kappa shape index (κ2) is 9.34. The molecule has 0 saturated carbocycles. The number of rotatable bonds is 6. The Bertz CT molecular complexity index is 1030. The minimum Gasteiger partial charge on any atom is -0.489 e. The molecule has 160 valence electrons. The molecule has 2 aromatic carbocycles. The van der Waals surface area contributed by atoms with Crippen LogP contribution in [0.2, 0.25) is 0 Å². The Balaban J connectivity index is 1.38. The number of hydrogen-bond acceptors (Lipinski definition) is 5. The number of hydrogen-bond donors (Lipinski definition) is 0. The first-order valence-corrected chi connectivity index (χ1v) is 10.8. The van der Waals surface area contributed by atoms with Gasteiger partial charge in [-0.1, -0.05) is 30.3 Å². The van der Waals surface area contributed by atoms with Crippen LogP contribution in [0.1, 0.15) is 24.0 Å². The number of halogens is 1. The molecule has 2 heterocycles. The summed E-state index contributed by atoms with van der Waals surface area (Å²) in [5, 5.41) is -0.436. The first-order chi connectivity index (χ1) is 15.0. The molecule has 0 unspecified atom stereocenters. The first kappa shape index (κ1) is 21.1. The molecule has 0 spiro atoms. The van der Waals surface area contributed by atoms with Gasteiger partial charge >= 0.3 is 0 Å². The van der Waals surface area contributed by atoms with Gasteiger partial charge < -0.3 is 9.64 Å². The SMILES string of the molecule is O=C(CN1C(=O)S/C(=C/c2ccc(OCc3ccccc3F)cc2)C1=O)N1CCCC1. The van der Waals surface area contributed by atoms with Crippen molar-refractivity contribution in [2.45, 2.75) is 19.4 Å². The average Bonchev–Trinajstić information content (AvgIpc) is 3.39. The van der Waals surface area contributed by atoms with E-state index in [0.717, 1.165) is 35.1 Å². The summed E-state index contributed by atoms with van der Waals surface area (Å²) in [5.74, 6) is -0.414. The molecule has 2 aromatic rings. The molecular formula is C23H21FN2O4S. The highest BCUT2D eigenvalue weighted by molar-refractivity contribution is 8.18. The van der Waals surface area contributed by atoms with Crippen molar-refractivity contribution in [1.29, 1.82) is 0 Å². The van der Waals surface area contributed by atoms with Crippen LogP contribution in [-0.4, -0.2) is 46.5 Å². The van der Waals surface area contributed by atoms with Gasteiger partial charge in [-0.05, 0) is 54.4 Å². The second-order valence-corrected chi connectivity index (χ2v) is 8.30. The third-order valence-electron chi connectivity index (χ3n) is 5.16. The highest BCUT2D eigenvalue weighted by atomic mass is 32.2. The molecule has 0 radical (unpaired) electrons. The zero-order valence-corrected chi connectivity index (χ0v) is 17.6. The Labute approximate surface area is 183 Å². The van der Waals surface area contributed by atoms with Gasteiger partial charge in [0.15, 0.2) is 0 Å². The Morgan fingerprint density at radius 1 is 1.06 bits per heavy atom. The molecule has 2 fully saturated rings. The zero-order valence-electron chi connectivity index (χ0n) is 16.8. The van der Waals surface area contributed by atoms with E-state index >= 15 is 0 Å². The molecule has 0 atom stereocenters. The van der Waals surface area contributed by atoms with Crippen molar-refractivity contribution in [3.05, 3.63) is 70.4 Å². The van der Waals surface area contributed by atoms with Crippen molar-refractivity contribution in [2.75, 3.05) is 19.6 Å². The van der Waals surface area contributed by atoms with Crippen LogP contribution in [0.15, 0.2) is 53.4 Å². The highest BCUT2D eigenvalue weighted by Gasteiger charge is 2.37. The lowest BCUT2D eigenvalue weighted by Gasteiger charge is -2.18. The summed E-state index contributed by atoms with van der Waals surface area (Å²) in [5.41, 5.74) is 1.18. The smallest absolute Gasteiger partial charge is 0.294 e. The van der Waals surface area contributed by atoms with Crippen LogP contribution in [0.5, 0.6) is 5.75 Å². The molecule has 2 aliphatic heterocycles. The number of imide groups is 1. The molecule has 0 aliphatic carbocycles. The molecule has 4 rings (SSSR count). The van der Waals surface area contributed by atoms with Crippen molar-refractivity contribution >= 4 is 34.9 Å². The number of benzene rings is 2. The molecule has 0 bridgehead atoms. The second-order valence-electron chi connectivity index (χ2n) is 7.30. The van der Waals surface area contributed by atoms with Crippen molar-refractivity contribution in [3.8, 4) is 5.75 Å². The van der Waals surface area contributed by atoms with Gasteiger partial charge in [0.25, 0.3) is 11.1 Å². The van der Waals surface area contributed by atoms with E-state index in [1.807, 2.05) is 0 Å². The Morgan fingerprint density at radius 2 is 1.77 bits per heavy atom. The number of nitrogens with zero attached hydrogens (tertiary/aromatic N) is 2. The van der Waals surface area contributed by atoms with Gasteiger partial charge in [0, 0.05) is 18.7 Å². The molecule has 6 nitrogen and oxygen atoms in total. The minimum atomic E-state index is -0.456. The van der Waals surface area contributed by atoms with Crippen LogP contribution >= 0.6 is 11.8 Å². The zero-order chi connectivity index (χ0) is 21.8. The number of ether oxygens (including phenoxy) is 1. The maximum Gasteiger partial charge on any atom is 0.294 e. The van der Waals surface area contributed by atoms with Gasteiger partial charge in [0.1, 0.15) is 24.7 Å². The summed E-state index contributed by atoms with van der Waals surface area (Å²) in [6, 6.07) is 13.3. The average molecular weight is 440 g/mol. The number of thioether (sulfide) groups is 1. The van der Waals surface area contributed by atoms with Gasteiger partial charge in [-0.2, -0.15) is 0 Å². The third-order valence-corrected chi connectivity index (χ3v) is 6.06. The van der Waals surface area contributed by atoms with E-state index in [-0.39, 0.29) is 29.8 Å². The van der Waals surface area contributed by atoms with Crippen LogP contribution in [0.25, 0.3) is 6.08 Å². The number of carbonyl (C=O) groups excluding carboxylic acids is 3. The minimum absolute atomic E-state index is 0.107. The highest BCUT2D eigenvalue weighted by Crippen LogP contribution is 2.32. The summed E-state index contributed by atoms with van der Waals surface area (Å²) in [6.45, 7) is 1.24. The molecule has 2 saturated heterocycles. The Hall–Kier alpha value is -3.13. The molecule has 3 amide bonds. The van der Waals surface area contributed by atoms with E-state index in [0.29, 0.717) is 24.4 Å². The van der Waals surface area contributed by atoms with Crippen molar-refractivity contribution in [2.24, 2.45) is 0 Å². The number of likely N-dealkylation sites (tertiary alicyclic amines) is 1. The van der Waals surface area contributed by atoms with Crippen LogP contribution < -0.4 is 4.74 Å². The summed E-state index contributed by atoms with van der Waals surface area (Å²) in [4.78, 5) is 40.1. The van der Waals surface area contributed by atoms with Crippen LogP contribution in [0, 0.1) is 5.82 Å². The predicted octanol–water partition coefficient (Wildman–Crippen LogP) is 4.06. The first-order valence-electron chi connectivity index (χ1n) is 10.0. The quantitative estimate of drug-likeness (QED) is 0.634. The lowest BCUT2D eigenvalue weighted by Crippen LogP contribution is -2.40. The van der Waals surface area contributed by atoms with Crippen LogP contribution in [0.3, 0.4) is 0 Å². The van der Waals surface area contributed by atoms with E-state index in [4.69, 9.17) is 4.74 Å². The fourth-order valence-corrected chi connectivity index (χ4v) is 4.26. The summed E-state index contributed by atoms with van der Waals surface area (Å²) < 4.78 is 19.3. The summed E-state index contributed by atoms with van der Waals surface area (Å²) in [6.07, 6.45) is 3.52. The molecule has 0 aromatic heterocycles. The maximum absolute atomic E-state index is 13.7. The molecule has 0 N–H and O–H groups in total. The van der Waals surface area contributed by atoms with Crippen LogP contribution in [-0.2, 0) is 16.2 Å². The van der Waals surface area contributed by atoms with Crippen molar-refractivity contribution in [3.63, 3.8) is 0 Å². The van der Waals surface area contributed by atoms with E-state index in [9.17, 15) is 18.8 Å². The molecule has 31 heavy (non-hydrogen) atoms. The normalized spacial score (nSPS) is 17.6. The molecular weight excluding hydrogens is 419 g/mol. The van der Waals surface area contributed by atoms with Gasteiger partial charge in [-0.15, -0.1) is 0 Å². The number of amides is 3.